The number of nitrogen functional groups attached to an aromatic ring is 3. The van der Waals surface area contributed by atoms with E-state index in [0.717, 1.165) is 11.1 Å². The van der Waals surface area contributed by atoms with E-state index >= 15 is 0 Å². The summed E-state index contributed by atoms with van der Waals surface area (Å²) in [6.07, 6.45) is 0. The van der Waals surface area contributed by atoms with E-state index in [1.807, 2.05) is 12.1 Å². The van der Waals surface area contributed by atoms with E-state index in [1.54, 1.807) is 30.3 Å². The second-order valence-electron chi connectivity index (χ2n) is 4.29. The Morgan fingerprint density at radius 1 is 0.632 bits per heavy atom. The molecule has 0 spiro atoms. The van der Waals surface area contributed by atoms with Gasteiger partial charge in [-0.1, -0.05) is 18.2 Å². The van der Waals surface area contributed by atoms with Crippen molar-refractivity contribution in [1.82, 2.24) is 0 Å². The van der Waals surface area contributed by atoms with Crippen LogP contribution in [0.5, 0.6) is 0 Å². The molecule has 2 rings (SSSR count). The summed E-state index contributed by atoms with van der Waals surface area (Å²) in [7, 11) is 0. The van der Waals surface area contributed by atoms with Gasteiger partial charge in [0.15, 0.2) is 0 Å². The summed E-state index contributed by atoms with van der Waals surface area (Å²) in [6, 6.07) is 12.4. The average Bonchev–Trinajstić information content (AvgIpc) is 2.41. The van der Waals surface area contributed by atoms with Gasteiger partial charge < -0.3 is 28.7 Å². The lowest BCUT2D eigenvalue weighted by atomic mass is 10.0. The predicted octanol–water partition coefficient (Wildman–Crippen LogP) is 1.18. The number of rotatable bonds is 2. The first-order chi connectivity index (χ1) is 8.99. The van der Waals surface area contributed by atoms with Gasteiger partial charge in [0.1, 0.15) is 0 Å². The molecule has 98 valence electrons. The first-order valence-electron chi connectivity index (χ1n) is 5.75. The highest BCUT2D eigenvalue weighted by atomic mass is 14.7. The van der Waals surface area contributed by atoms with Gasteiger partial charge in [0.2, 0.25) is 0 Å². The van der Waals surface area contributed by atoms with Crippen molar-refractivity contribution in [3.05, 3.63) is 53.6 Å². The molecule has 5 nitrogen and oxygen atoms in total. The lowest BCUT2D eigenvalue weighted by Gasteiger charge is -2.10. The van der Waals surface area contributed by atoms with Crippen LogP contribution in [0.15, 0.2) is 42.5 Å². The van der Waals surface area contributed by atoms with E-state index in [-0.39, 0.29) is 0 Å². The molecule has 0 saturated carbocycles. The fourth-order valence-corrected chi connectivity index (χ4v) is 1.72. The Morgan fingerprint density at radius 3 is 1.74 bits per heavy atom. The summed E-state index contributed by atoms with van der Waals surface area (Å²) in [5.74, 6) is 0. The minimum Gasteiger partial charge on any atom is -0.399 e. The van der Waals surface area contributed by atoms with Crippen LogP contribution in [0.4, 0.5) is 17.1 Å². The second kappa shape index (κ2) is 4.81. The molecule has 0 atom stereocenters. The Balaban J connectivity index is 2.45. The standard InChI is InChI=1S/C14H17N5/c15-10-4-1-8(2-5-10)13(18)14(19)9-3-6-11(16)12(17)7-9/h1-7H,15-19H2/b14-13+. The first-order valence-corrected chi connectivity index (χ1v) is 5.75. The molecular formula is C14H17N5. The Labute approximate surface area is 111 Å². The molecule has 0 aromatic heterocycles. The topological polar surface area (TPSA) is 130 Å². The van der Waals surface area contributed by atoms with Crippen molar-refractivity contribution in [3.8, 4) is 0 Å². The van der Waals surface area contributed by atoms with Crippen LogP contribution in [-0.4, -0.2) is 0 Å². The molecule has 10 N–H and O–H groups in total. The van der Waals surface area contributed by atoms with E-state index in [0.29, 0.717) is 28.5 Å². The third kappa shape index (κ3) is 2.55. The fraction of sp³-hybridized carbons (Fsp3) is 0. The zero-order valence-electron chi connectivity index (χ0n) is 10.4. The van der Waals surface area contributed by atoms with Gasteiger partial charge in [0.05, 0.1) is 22.8 Å². The van der Waals surface area contributed by atoms with Crippen molar-refractivity contribution >= 4 is 28.5 Å². The van der Waals surface area contributed by atoms with Crippen molar-refractivity contribution in [2.24, 2.45) is 11.5 Å². The summed E-state index contributed by atoms with van der Waals surface area (Å²) in [6.45, 7) is 0. The van der Waals surface area contributed by atoms with Crippen LogP contribution in [-0.2, 0) is 0 Å². The van der Waals surface area contributed by atoms with Gasteiger partial charge in [-0.15, -0.1) is 0 Å². The molecule has 5 heteroatoms. The van der Waals surface area contributed by atoms with Crippen LogP contribution < -0.4 is 28.7 Å². The monoisotopic (exact) mass is 255 g/mol. The minimum absolute atomic E-state index is 0.455. The molecule has 0 aliphatic carbocycles. The van der Waals surface area contributed by atoms with Crippen LogP contribution in [0.3, 0.4) is 0 Å². The molecule has 19 heavy (non-hydrogen) atoms. The first kappa shape index (κ1) is 12.6. The SMILES string of the molecule is N/C(=C(/N)c1ccc(N)c(N)c1)c1ccc(N)cc1. The summed E-state index contributed by atoms with van der Waals surface area (Å²) in [4.78, 5) is 0. The van der Waals surface area contributed by atoms with Crippen LogP contribution in [0.25, 0.3) is 11.4 Å². The van der Waals surface area contributed by atoms with Gasteiger partial charge in [-0.25, -0.2) is 0 Å². The van der Waals surface area contributed by atoms with Gasteiger partial charge in [-0.3, -0.25) is 0 Å². The molecule has 2 aromatic rings. The fourth-order valence-electron chi connectivity index (χ4n) is 1.72. The van der Waals surface area contributed by atoms with Crippen molar-refractivity contribution in [3.63, 3.8) is 0 Å². The normalized spacial score (nSPS) is 12.0. The lowest BCUT2D eigenvalue weighted by Crippen LogP contribution is -2.08. The van der Waals surface area contributed by atoms with Gasteiger partial charge in [-0.05, 0) is 29.8 Å². The number of benzene rings is 2. The maximum absolute atomic E-state index is 6.05. The van der Waals surface area contributed by atoms with Gasteiger partial charge in [-0.2, -0.15) is 0 Å². The van der Waals surface area contributed by atoms with Crippen molar-refractivity contribution in [2.45, 2.75) is 0 Å². The summed E-state index contributed by atoms with van der Waals surface area (Å²) >= 11 is 0. The van der Waals surface area contributed by atoms with Crippen LogP contribution in [0.1, 0.15) is 11.1 Å². The van der Waals surface area contributed by atoms with Crippen molar-refractivity contribution in [2.75, 3.05) is 17.2 Å². The van der Waals surface area contributed by atoms with E-state index in [4.69, 9.17) is 28.7 Å². The number of nitrogens with two attached hydrogens (primary N) is 5. The Bertz CT molecular complexity index is 629. The largest absolute Gasteiger partial charge is 0.399 e. The Kier molecular flexibility index (Phi) is 3.20. The highest BCUT2D eigenvalue weighted by Crippen LogP contribution is 2.23. The third-order valence-corrected chi connectivity index (χ3v) is 2.91. The molecule has 0 radical (unpaired) electrons. The molecule has 0 aliphatic rings. The van der Waals surface area contributed by atoms with E-state index in [1.165, 1.54) is 0 Å². The van der Waals surface area contributed by atoms with Crippen molar-refractivity contribution < 1.29 is 0 Å². The molecule has 0 heterocycles. The molecule has 0 bridgehead atoms. The molecular weight excluding hydrogens is 238 g/mol. The average molecular weight is 255 g/mol. The summed E-state index contributed by atoms with van der Waals surface area (Å²) < 4.78 is 0. The van der Waals surface area contributed by atoms with Gasteiger partial charge in [0, 0.05) is 11.3 Å². The third-order valence-electron chi connectivity index (χ3n) is 2.91. The quantitative estimate of drug-likeness (QED) is 0.406. The van der Waals surface area contributed by atoms with Crippen molar-refractivity contribution in [1.29, 1.82) is 0 Å². The number of anilines is 3. The highest BCUT2D eigenvalue weighted by Gasteiger charge is 2.06. The lowest BCUT2D eigenvalue weighted by molar-refractivity contribution is 1.45. The van der Waals surface area contributed by atoms with Crippen LogP contribution in [0, 0.1) is 0 Å². The highest BCUT2D eigenvalue weighted by molar-refractivity contribution is 5.89. The number of hydrogen-bond acceptors (Lipinski definition) is 5. The molecule has 0 amide bonds. The summed E-state index contributed by atoms with van der Waals surface area (Å²) in [5.41, 5.74) is 33.3. The Morgan fingerprint density at radius 2 is 1.16 bits per heavy atom. The maximum Gasteiger partial charge on any atom is 0.0628 e. The maximum atomic E-state index is 6.05. The zero-order chi connectivity index (χ0) is 14.0. The number of hydrogen-bond donors (Lipinski definition) is 5. The Hall–Kier alpha value is -2.82. The predicted molar refractivity (Wildman–Crippen MR) is 81.3 cm³/mol. The molecule has 0 fully saturated rings. The van der Waals surface area contributed by atoms with Gasteiger partial charge in [0.25, 0.3) is 0 Å². The molecule has 2 aromatic carbocycles. The summed E-state index contributed by atoms with van der Waals surface area (Å²) in [5, 5.41) is 0. The molecule has 0 unspecified atom stereocenters. The molecule has 0 aliphatic heterocycles. The minimum atomic E-state index is 0.455. The smallest absolute Gasteiger partial charge is 0.0628 e. The van der Waals surface area contributed by atoms with Gasteiger partial charge >= 0.3 is 0 Å². The van der Waals surface area contributed by atoms with E-state index in [2.05, 4.69) is 0 Å². The van der Waals surface area contributed by atoms with Crippen LogP contribution >= 0.6 is 0 Å². The van der Waals surface area contributed by atoms with E-state index in [9.17, 15) is 0 Å². The van der Waals surface area contributed by atoms with E-state index < -0.39 is 0 Å². The molecule has 0 saturated heterocycles. The second-order valence-corrected chi connectivity index (χ2v) is 4.29. The zero-order valence-corrected chi connectivity index (χ0v) is 10.4. The van der Waals surface area contributed by atoms with Crippen LogP contribution in [0.2, 0.25) is 0 Å².